The molecule has 5 heteroatoms. The summed E-state index contributed by atoms with van der Waals surface area (Å²) in [5.74, 6) is 1.06. The van der Waals surface area contributed by atoms with Crippen molar-refractivity contribution >= 4 is 5.97 Å². The molecule has 0 aromatic heterocycles. The lowest BCUT2D eigenvalue weighted by Crippen LogP contribution is -2.64. The average molecular weight is 409 g/mol. The predicted molar refractivity (Wildman–Crippen MR) is 110 cm³/mol. The van der Waals surface area contributed by atoms with E-state index in [-0.39, 0.29) is 35.2 Å². The highest BCUT2D eigenvalue weighted by Gasteiger charge is 2.65. The number of aliphatic carboxylic acids is 1. The molecule has 0 spiro atoms. The number of carboxylic acid groups (broad SMARTS) is 1. The molecule has 4 aliphatic carbocycles. The number of rotatable bonds is 4. The number of carbonyl (C=O) groups is 1. The summed E-state index contributed by atoms with van der Waals surface area (Å²) in [6.07, 6.45) is 5.87. The molecular formula is C24H40O5. The zero-order valence-electron chi connectivity index (χ0n) is 18.3. The predicted octanol–water partition coefficient (Wildman–Crippen LogP) is 3.45. The molecule has 4 N–H and O–H groups in total. The minimum Gasteiger partial charge on any atom is -0.481 e. The van der Waals surface area contributed by atoms with Crippen LogP contribution in [-0.4, -0.2) is 44.7 Å². The van der Waals surface area contributed by atoms with Crippen molar-refractivity contribution < 1.29 is 25.2 Å². The maximum Gasteiger partial charge on any atom is 0.303 e. The quantitative estimate of drug-likeness (QED) is 0.571. The van der Waals surface area contributed by atoms with Gasteiger partial charge < -0.3 is 20.4 Å². The lowest BCUT2D eigenvalue weighted by atomic mass is 9.43. The van der Waals surface area contributed by atoms with E-state index >= 15 is 0 Å². The summed E-state index contributed by atoms with van der Waals surface area (Å²) >= 11 is 0. The van der Waals surface area contributed by atoms with E-state index in [1.165, 1.54) is 0 Å². The minimum atomic E-state index is -0.748. The van der Waals surface area contributed by atoms with Crippen molar-refractivity contribution in [2.24, 2.45) is 46.3 Å². The molecule has 4 saturated carbocycles. The van der Waals surface area contributed by atoms with Gasteiger partial charge >= 0.3 is 5.97 Å². The Morgan fingerprint density at radius 1 is 0.931 bits per heavy atom. The van der Waals surface area contributed by atoms with Crippen LogP contribution in [0.5, 0.6) is 0 Å². The Hall–Kier alpha value is -0.650. The first-order chi connectivity index (χ1) is 13.6. The van der Waals surface area contributed by atoms with Gasteiger partial charge in [-0.1, -0.05) is 20.8 Å². The molecule has 4 aliphatic rings. The third kappa shape index (κ3) is 3.27. The van der Waals surface area contributed by atoms with E-state index in [4.69, 9.17) is 5.11 Å². The van der Waals surface area contributed by atoms with Crippen molar-refractivity contribution in [1.82, 2.24) is 0 Å². The summed E-state index contributed by atoms with van der Waals surface area (Å²) in [4.78, 5) is 11.1. The van der Waals surface area contributed by atoms with Crippen LogP contribution in [0.25, 0.3) is 0 Å². The van der Waals surface area contributed by atoms with Crippen molar-refractivity contribution in [3.05, 3.63) is 0 Å². The highest BCUT2D eigenvalue weighted by molar-refractivity contribution is 5.66. The first kappa shape index (κ1) is 21.6. The zero-order valence-corrected chi connectivity index (χ0v) is 18.3. The second-order valence-corrected chi connectivity index (χ2v) is 11.5. The van der Waals surface area contributed by atoms with E-state index in [1.54, 1.807) is 0 Å². The van der Waals surface area contributed by atoms with Crippen LogP contribution in [0.1, 0.15) is 78.6 Å². The summed E-state index contributed by atoms with van der Waals surface area (Å²) in [5.41, 5.74) is 0.119. The molecule has 0 bridgehead atoms. The summed E-state index contributed by atoms with van der Waals surface area (Å²) in [6.45, 7) is 6.89. The van der Waals surface area contributed by atoms with Gasteiger partial charge in [0.2, 0.25) is 0 Å². The van der Waals surface area contributed by atoms with Crippen molar-refractivity contribution in [3.63, 3.8) is 0 Å². The van der Waals surface area contributed by atoms with Gasteiger partial charge in [-0.2, -0.15) is 0 Å². The van der Waals surface area contributed by atoms with Crippen LogP contribution in [-0.2, 0) is 4.79 Å². The molecule has 166 valence electrons. The Kier molecular flexibility index (Phi) is 5.57. The SMILES string of the molecule is C[C@H](CCC(=O)O)[C@H]1CC[C@H]2[C@H]3[C@@H](O)[C@@H](O)[C@@H]4C[C@H](O)CC[C@]4(C)[C@H]3CC[C@]12C. The number of fused-ring (bicyclic) bond motifs is 5. The Labute approximate surface area is 174 Å². The van der Waals surface area contributed by atoms with Gasteiger partial charge in [-0.15, -0.1) is 0 Å². The van der Waals surface area contributed by atoms with E-state index in [0.717, 1.165) is 44.9 Å². The van der Waals surface area contributed by atoms with Crippen molar-refractivity contribution in [2.75, 3.05) is 0 Å². The largest absolute Gasteiger partial charge is 0.481 e. The molecule has 0 saturated heterocycles. The van der Waals surface area contributed by atoms with Crippen LogP contribution in [0.3, 0.4) is 0 Å². The molecule has 0 aromatic rings. The maximum absolute atomic E-state index is 11.3. The lowest BCUT2D eigenvalue weighted by molar-refractivity contribution is -0.223. The topological polar surface area (TPSA) is 98.0 Å². The molecule has 11 atom stereocenters. The van der Waals surface area contributed by atoms with Crippen LogP contribution in [0.4, 0.5) is 0 Å². The summed E-state index contributed by atoms with van der Waals surface area (Å²) in [7, 11) is 0. The van der Waals surface area contributed by atoms with Crippen LogP contribution < -0.4 is 0 Å². The highest BCUT2D eigenvalue weighted by Crippen LogP contribution is 2.68. The monoisotopic (exact) mass is 408 g/mol. The van der Waals surface area contributed by atoms with Gasteiger partial charge in [0.1, 0.15) is 0 Å². The molecule has 0 aromatic carbocycles. The number of hydrogen-bond acceptors (Lipinski definition) is 4. The third-order valence-electron chi connectivity index (χ3n) is 10.3. The summed E-state index contributed by atoms with van der Waals surface area (Å²) in [5, 5.41) is 41.7. The van der Waals surface area contributed by atoms with Crippen LogP contribution in [0.2, 0.25) is 0 Å². The molecule has 0 radical (unpaired) electrons. The first-order valence-electron chi connectivity index (χ1n) is 11.9. The molecule has 29 heavy (non-hydrogen) atoms. The van der Waals surface area contributed by atoms with E-state index in [2.05, 4.69) is 20.8 Å². The number of aliphatic hydroxyl groups excluding tert-OH is 3. The van der Waals surface area contributed by atoms with Gasteiger partial charge in [0, 0.05) is 6.42 Å². The average Bonchev–Trinajstić information content (AvgIpc) is 3.02. The number of hydrogen-bond donors (Lipinski definition) is 4. The van der Waals surface area contributed by atoms with Gasteiger partial charge in [0.25, 0.3) is 0 Å². The Morgan fingerprint density at radius 3 is 2.28 bits per heavy atom. The molecular weight excluding hydrogens is 368 g/mol. The fraction of sp³-hybridized carbons (Fsp3) is 0.958. The number of carboxylic acids is 1. The Morgan fingerprint density at radius 2 is 1.59 bits per heavy atom. The standard InChI is InChI=1S/C24H40O5/c1-13(4-7-19(26)27)15-5-6-16-20-17(9-11-23(15,16)2)24(3)10-8-14(25)12-18(24)21(28)22(20)29/h13-18,20-22,25,28-29H,4-12H2,1-3H3,(H,26,27)/t13-,14-,15-,16+,17+,18+,20-,21+,22-,23-,24-/m1/s1. The van der Waals surface area contributed by atoms with Crippen molar-refractivity contribution in [3.8, 4) is 0 Å². The maximum atomic E-state index is 11.3. The zero-order chi connectivity index (χ0) is 21.1. The molecule has 5 nitrogen and oxygen atoms in total. The summed E-state index contributed by atoms with van der Waals surface area (Å²) < 4.78 is 0. The van der Waals surface area contributed by atoms with Gasteiger partial charge in [-0.05, 0) is 97.7 Å². The molecule has 0 aliphatic heterocycles. The van der Waals surface area contributed by atoms with Gasteiger partial charge in [0.15, 0.2) is 0 Å². The second-order valence-electron chi connectivity index (χ2n) is 11.5. The fourth-order valence-electron chi connectivity index (χ4n) is 8.77. The number of aliphatic hydroxyl groups is 3. The van der Waals surface area contributed by atoms with Crippen LogP contribution in [0.15, 0.2) is 0 Å². The molecule has 0 amide bonds. The van der Waals surface area contributed by atoms with Crippen molar-refractivity contribution in [1.29, 1.82) is 0 Å². The first-order valence-corrected chi connectivity index (χ1v) is 11.9. The third-order valence-corrected chi connectivity index (χ3v) is 10.3. The van der Waals surface area contributed by atoms with Gasteiger partial charge in [0.05, 0.1) is 18.3 Å². The smallest absolute Gasteiger partial charge is 0.303 e. The fourth-order valence-corrected chi connectivity index (χ4v) is 8.77. The van der Waals surface area contributed by atoms with Crippen LogP contribution >= 0.6 is 0 Å². The molecule has 0 heterocycles. The Bertz CT molecular complexity index is 637. The van der Waals surface area contributed by atoms with E-state index in [9.17, 15) is 20.1 Å². The molecule has 4 rings (SSSR count). The van der Waals surface area contributed by atoms with E-state index in [0.29, 0.717) is 30.1 Å². The minimum absolute atomic E-state index is 0.00309. The lowest BCUT2D eigenvalue weighted by Gasteiger charge is -2.63. The van der Waals surface area contributed by atoms with Crippen LogP contribution in [0, 0.1) is 46.3 Å². The Balaban J connectivity index is 1.59. The molecule has 0 unspecified atom stereocenters. The van der Waals surface area contributed by atoms with Crippen molar-refractivity contribution in [2.45, 2.75) is 96.9 Å². The highest BCUT2D eigenvalue weighted by atomic mass is 16.4. The van der Waals surface area contributed by atoms with Gasteiger partial charge in [-0.25, -0.2) is 0 Å². The van der Waals surface area contributed by atoms with E-state index in [1.807, 2.05) is 0 Å². The summed E-state index contributed by atoms with van der Waals surface area (Å²) in [6, 6.07) is 0. The molecule has 4 fully saturated rings. The van der Waals surface area contributed by atoms with E-state index < -0.39 is 18.2 Å². The normalized spacial score (nSPS) is 52.9. The van der Waals surface area contributed by atoms with Gasteiger partial charge in [-0.3, -0.25) is 4.79 Å². The second kappa shape index (κ2) is 7.49.